The fraction of sp³-hybridized carbons (Fsp3) is 1.00. The van der Waals surface area contributed by atoms with Crippen LogP contribution in [0.4, 0.5) is 0 Å². The summed E-state index contributed by atoms with van der Waals surface area (Å²) in [5, 5.41) is 0. The molecule has 4 heteroatoms. The van der Waals surface area contributed by atoms with Gasteiger partial charge in [0.15, 0.2) is 0 Å². The summed E-state index contributed by atoms with van der Waals surface area (Å²) in [5.74, 6) is 1.52. The normalized spacial score (nSPS) is 10.2. The smallest absolute Gasteiger partial charge is 0.102 e. The van der Waals surface area contributed by atoms with Gasteiger partial charge in [0.25, 0.3) is 0 Å². The van der Waals surface area contributed by atoms with Crippen LogP contribution in [-0.4, -0.2) is 25.1 Å². The minimum absolute atomic E-state index is 0.758. The maximum atomic E-state index is 5.10. The van der Waals surface area contributed by atoms with E-state index in [4.69, 9.17) is 9.47 Å². The zero-order chi connectivity index (χ0) is 7.66. The lowest BCUT2D eigenvalue weighted by Gasteiger charge is -2.00. The average molecular weight is 182 g/mol. The molecule has 0 aromatic rings. The molecule has 0 saturated carbocycles. The van der Waals surface area contributed by atoms with E-state index in [1.165, 1.54) is 0 Å². The van der Waals surface area contributed by atoms with E-state index in [9.17, 15) is 0 Å². The standard InChI is InChI=1S/C6H14O2S2/c1-3-7-5-9-10-6-8-4-2/h3-6H2,1-2H3. The van der Waals surface area contributed by atoms with E-state index >= 15 is 0 Å². The zero-order valence-corrected chi connectivity index (χ0v) is 8.09. The highest BCUT2D eigenvalue weighted by Gasteiger charge is 1.87. The van der Waals surface area contributed by atoms with Gasteiger partial charge in [0, 0.05) is 13.2 Å². The fourth-order valence-corrected chi connectivity index (χ4v) is 1.72. The van der Waals surface area contributed by atoms with Crippen LogP contribution in [0, 0.1) is 0 Å². The lowest BCUT2D eigenvalue weighted by molar-refractivity contribution is 0.197. The molecule has 0 rings (SSSR count). The Balaban J connectivity index is 2.65. The predicted octanol–water partition coefficient (Wildman–Crippen LogP) is 2.36. The van der Waals surface area contributed by atoms with Crippen molar-refractivity contribution in [1.82, 2.24) is 0 Å². The topological polar surface area (TPSA) is 18.5 Å². The molecule has 0 aliphatic carbocycles. The number of ether oxygens (including phenoxy) is 2. The first-order chi connectivity index (χ1) is 4.91. The van der Waals surface area contributed by atoms with Gasteiger partial charge in [0.05, 0.1) is 0 Å². The Morgan fingerprint density at radius 3 is 1.60 bits per heavy atom. The van der Waals surface area contributed by atoms with Crippen molar-refractivity contribution >= 4 is 21.6 Å². The van der Waals surface area contributed by atoms with Crippen LogP contribution in [-0.2, 0) is 9.47 Å². The maximum Gasteiger partial charge on any atom is 0.102 e. The van der Waals surface area contributed by atoms with E-state index in [1.807, 2.05) is 13.8 Å². The molecule has 0 radical (unpaired) electrons. The Kier molecular flexibility index (Phi) is 10.2. The summed E-state index contributed by atoms with van der Waals surface area (Å²) in [4.78, 5) is 0. The van der Waals surface area contributed by atoms with Crippen molar-refractivity contribution < 1.29 is 9.47 Å². The molecule has 0 aromatic heterocycles. The Morgan fingerprint density at radius 2 is 1.30 bits per heavy atom. The van der Waals surface area contributed by atoms with Crippen molar-refractivity contribution in [1.29, 1.82) is 0 Å². The third-order valence-electron chi connectivity index (χ3n) is 0.754. The summed E-state index contributed by atoms with van der Waals surface area (Å²) < 4.78 is 10.2. The second-order valence-electron chi connectivity index (χ2n) is 1.46. The highest BCUT2D eigenvalue weighted by atomic mass is 33.1. The molecule has 0 aromatic carbocycles. The molecule has 0 atom stereocenters. The highest BCUT2D eigenvalue weighted by molar-refractivity contribution is 8.76. The molecular formula is C6H14O2S2. The summed E-state index contributed by atoms with van der Waals surface area (Å²) in [6, 6.07) is 0. The Labute approximate surface area is 70.4 Å². The third-order valence-corrected chi connectivity index (χ3v) is 2.52. The second-order valence-corrected chi connectivity index (χ2v) is 3.81. The van der Waals surface area contributed by atoms with E-state index in [0.29, 0.717) is 0 Å². The van der Waals surface area contributed by atoms with Crippen LogP contribution in [0.15, 0.2) is 0 Å². The minimum atomic E-state index is 0.758. The summed E-state index contributed by atoms with van der Waals surface area (Å²) in [7, 11) is 3.37. The van der Waals surface area contributed by atoms with Gasteiger partial charge in [-0.3, -0.25) is 0 Å². The minimum Gasteiger partial charge on any atom is -0.370 e. The number of rotatable bonds is 7. The summed E-state index contributed by atoms with van der Waals surface area (Å²) in [6.07, 6.45) is 0. The molecule has 0 saturated heterocycles. The second kappa shape index (κ2) is 9.62. The molecule has 0 heterocycles. The number of hydrogen-bond donors (Lipinski definition) is 0. The van der Waals surface area contributed by atoms with Crippen LogP contribution in [0.5, 0.6) is 0 Å². The molecule has 0 spiro atoms. The van der Waals surface area contributed by atoms with Crippen LogP contribution in [0.1, 0.15) is 13.8 Å². The van der Waals surface area contributed by atoms with E-state index in [-0.39, 0.29) is 0 Å². The van der Waals surface area contributed by atoms with E-state index < -0.39 is 0 Å². The van der Waals surface area contributed by atoms with Gasteiger partial charge < -0.3 is 9.47 Å². The van der Waals surface area contributed by atoms with Gasteiger partial charge in [-0.2, -0.15) is 0 Å². The van der Waals surface area contributed by atoms with E-state index in [1.54, 1.807) is 21.6 Å². The molecule has 62 valence electrons. The van der Waals surface area contributed by atoms with Crippen LogP contribution >= 0.6 is 21.6 Å². The molecule has 10 heavy (non-hydrogen) atoms. The van der Waals surface area contributed by atoms with Crippen molar-refractivity contribution in [2.24, 2.45) is 0 Å². The first-order valence-corrected chi connectivity index (χ1v) is 5.80. The van der Waals surface area contributed by atoms with Crippen molar-refractivity contribution in [3.05, 3.63) is 0 Å². The monoisotopic (exact) mass is 182 g/mol. The summed E-state index contributed by atoms with van der Waals surface area (Å²) in [6.45, 7) is 5.58. The van der Waals surface area contributed by atoms with Gasteiger partial charge in [-0.15, -0.1) is 0 Å². The molecule has 0 aliphatic heterocycles. The van der Waals surface area contributed by atoms with Crippen LogP contribution in [0.2, 0.25) is 0 Å². The van der Waals surface area contributed by atoms with Crippen LogP contribution in [0.3, 0.4) is 0 Å². The van der Waals surface area contributed by atoms with Crippen LogP contribution < -0.4 is 0 Å². The van der Waals surface area contributed by atoms with E-state index in [0.717, 1.165) is 25.1 Å². The van der Waals surface area contributed by atoms with Gasteiger partial charge in [0.1, 0.15) is 11.9 Å². The molecule has 0 fully saturated rings. The van der Waals surface area contributed by atoms with Crippen molar-refractivity contribution in [3.8, 4) is 0 Å². The largest absolute Gasteiger partial charge is 0.370 e. The van der Waals surface area contributed by atoms with E-state index in [2.05, 4.69) is 0 Å². The first kappa shape index (κ1) is 10.6. The maximum absolute atomic E-state index is 5.10. The molecule has 0 bridgehead atoms. The molecular weight excluding hydrogens is 168 g/mol. The molecule has 0 amide bonds. The predicted molar refractivity (Wildman–Crippen MR) is 48.2 cm³/mol. The molecule has 0 unspecified atom stereocenters. The lowest BCUT2D eigenvalue weighted by Crippen LogP contribution is -1.88. The quantitative estimate of drug-likeness (QED) is 0.341. The summed E-state index contributed by atoms with van der Waals surface area (Å²) in [5.41, 5.74) is 0. The Hall–Kier alpha value is 0.620. The molecule has 0 N–H and O–H groups in total. The molecule has 0 aliphatic rings. The fourth-order valence-electron chi connectivity index (χ4n) is 0.303. The summed E-state index contributed by atoms with van der Waals surface area (Å²) >= 11 is 0. The van der Waals surface area contributed by atoms with Crippen molar-refractivity contribution in [2.75, 3.05) is 25.1 Å². The van der Waals surface area contributed by atoms with Gasteiger partial charge >= 0.3 is 0 Å². The average Bonchev–Trinajstić information content (AvgIpc) is 1.97. The Morgan fingerprint density at radius 1 is 0.900 bits per heavy atom. The van der Waals surface area contributed by atoms with Gasteiger partial charge in [0.2, 0.25) is 0 Å². The van der Waals surface area contributed by atoms with Crippen molar-refractivity contribution in [2.45, 2.75) is 13.8 Å². The number of hydrogen-bond acceptors (Lipinski definition) is 4. The van der Waals surface area contributed by atoms with Crippen molar-refractivity contribution in [3.63, 3.8) is 0 Å². The van der Waals surface area contributed by atoms with Gasteiger partial charge in [-0.1, -0.05) is 21.6 Å². The van der Waals surface area contributed by atoms with Gasteiger partial charge in [-0.25, -0.2) is 0 Å². The Bertz CT molecular complexity index is 53.7. The molecule has 2 nitrogen and oxygen atoms in total. The highest BCUT2D eigenvalue weighted by Crippen LogP contribution is 2.20. The lowest BCUT2D eigenvalue weighted by atomic mass is 10.9. The third kappa shape index (κ3) is 8.62. The van der Waals surface area contributed by atoms with Gasteiger partial charge in [-0.05, 0) is 13.8 Å². The van der Waals surface area contributed by atoms with Crippen LogP contribution in [0.25, 0.3) is 0 Å². The first-order valence-electron chi connectivity index (χ1n) is 3.31. The SMILES string of the molecule is CCOCSSCOCC. The zero-order valence-electron chi connectivity index (χ0n) is 6.46.